The van der Waals surface area contributed by atoms with Gasteiger partial charge in [-0.1, -0.05) is 0 Å². The average molecular weight is 350 g/mol. The van der Waals surface area contributed by atoms with Crippen LogP contribution in [0.5, 0.6) is 0 Å². The molecule has 0 saturated heterocycles. The predicted molar refractivity (Wildman–Crippen MR) is 105 cm³/mol. The molecule has 0 saturated carbocycles. The Morgan fingerprint density at radius 3 is 2.36 bits per heavy atom. The predicted octanol–water partition coefficient (Wildman–Crippen LogP) is 2.18. The summed E-state index contributed by atoms with van der Waals surface area (Å²) in [4.78, 5) is 10.9. The summed E-state index contributed by atoms with van der Waals surface area (Å²) < 4.78 is 0. The monoisotopic (exact) mass is 349 g/mol. The van der Waals surface area contributed by atoms with E-state index in [9.17, 15) is 5.11 Å². The quantitative estimate of drug-likeness (QED) is 0.343. The normalized spacial score (nSPS) is 13.6. The largest absolute Gasteiger partial charge is 0.386 e. The minimum Gasteiger partial charge on any atom is -0.386 e. The topological polar surface area (TPSA) is 72.8 Å². The number of aliphatic hydroxyl groups excluding tert-OH is 1. The van der Waals surface area contributed by atoms with Gasteiger partial charge in [0.2, 0.25) is 0 Å². The van der Waals surface area contributed by atoms with Gasteiger partial charge < -0.3 is 15.7 Å². The van der Waals surface area contributed by atoms with Crippen LogP contribution in [0.2, 0.25) is 0 Å². The molecule has 0 aliphatic carbocycles. The van der Waals surface area contributed by atoms with Crippen LogP contribution >= 0.6 is 0 Å². The van der Waals surface area contributed by atoms with Crippen LogP contribution in [0.3, 0.4) is 0 Å². The van der Waals surface area contributed by atoms with Crippen molar-refractivity contribution in [1.82, 2.24) is 20.5 Å². The summed E-state index contributed by atoms with van der Waals surface area (Å²) in [6.45, 7) is 14.0. The van der Waals surface area contributed by atoms with E-state index >= 15 is 0 Å². The molecule has 1 heterocycles. The second-order valence-electron chi connectivity index (χ2n) is 6.72. The summed E-state index contributed by atoms with van der Waals surface area (Å²) in [5.41, 5.74) is 0.833. The van der Waals surface area contributed by atoms with Crippen LogP contribution in [0.4, 0.5) is 0 Å². The Morgan fingerprint density at radius 1 is 1.16 bits per heavy atom. The molecule has 3 N–H and O–H groups in total. The van der Waals surface area contributed by atoms with Gasteiger partial charge in [-0.25, -0.2) is 0 Å². The lowest BCUT2D eigenvalue weighted by molar-refractivity contribution is 0.173. The van der Waals surface area contributed by atoms with Crippen LogP contribution in [0.25, 0.3) is 0 Å². The average Bonchev–Trinajstić information content (AvgIpc) is 2.59. The van der Waals surface area contributed by atoms with Gasteiger partial charge >= 0.3 is 0 Å². The highest BCUT2D eigenvalue weighted by molar-refractivity contribution is 5.79. The number of aliphatic hydroxyl groups is 1. The zero-order chi connectivity index (χ0) is 18.7. The first-order valence-corrected chi connectivity index (χ1v) is 9.31. The zero-order valence-corrected chi connectivity index (χ0v) is 16.4. The zero-order valence-electron chi connectivity index (χ0n) is 16.4. The van der Waals surface area contributed by atoms with E-state index in [2.05, 4.69) is 53.2 Å². The van der Waals surface area contributed by atoms with Crippen molar-refractivity contribution >= 4 is 5.96 Å². The van der Waals surface area contributed by atoms with Gasteiger partial charge in [-0.05, 0) is 58.7 Å². The maximum atomic E-state index is 10.2. The Balaban J connectivity index is 2.45. The molecular formula is C19H35N5O. The third kappa shape index (κ3) is 8.31. The molecule has 0 aromatic carbocycles. The molecule has 0 amide bonds. The number of rotatable bonds is 10. The standard InChI is InChI=1S/C19H35N5O/c1-6-21-19(22-10-7-13-24(15(2)3)16(4)5)23-14-18(25)17-8-11-20-12-9-17/h8-9,11-12,15-16,18,25H,6-7,10,13-14H2,1-5H3,(H2,21,22,23). The van der Waals surface area contributed by atoms with E-state index in [1.165, 1.54) is 0 Å². The van der Waals surface area contributed by atoms with E-state index in [0.717, 1.165) is 37.6 Å². The van der Waals surface area contributed by atoms with Crippen LogP contribution in [-0.2, 0) is 0 Å². The van der Waals surface area contributed by atoms with E-state index in [1.807, 2.05) is 19.1 Å². The minimum absolute atomic E-state index is 0.323. The molecule has 0 aliphatic heterocycles. The fourth-order valence-electron chi connectivity index (χ4n) is 2.79. The highest BCUT2D eigenvalue weighted by atomic mass is 16.3. The number of pyridine rings is 1. The lowest BCUT2D eigenvalue weighted by Gasteiger charge is -2.30. The van der Waals surface area contributed by atoms with Crippen molar-refractivity contribution in [2.24, 2.45) is 4.99 Å². The molecule has 142 valence electrons. The van der Waals surface area contributed by atoms with Gasteiger partial charge in [-0.3, -0.25) is 14.9 Å². The lowest BCUT2D eigenvalue weighted by atomic mass is 10.1. The Kier molecular flexibility index (Phi) is 10.1. The maximum absolute atomic E-state index is 10.2. The van der Waals surface area contributed by atoms with E-state index in [-0.39, 0.29) is 0 Å². The van der Waals surface area contributed by atoms with Crippen molar-refractivity contribution in [2.75, 3.05) is 26.2 Å². The molecule has 1 atom stereocenters. The minimum atomic E-state index is -0.615. The molecule has 6 heteroatoms. The third-order valence-electron chi connectivity index (χ3n) is 4.07. The van der Waals surface area contributed by atoms with Crippen molar-refractivity contribution in [3.05, 3.63) is 30.1 Å². The molecular weight excluding hydrogens is 314 g/mol. The van der Waals surface area contributed by atoms with E-state index in [1.54, 1.807) is 12.4 Å². The first-order valence-electron chi connectivity index (χ1n) is 9.31. The summed E-state index contributed by atoms with van der Waals surface area (Å²) >= 11 is 0. The van der Waals surface area contributed by atoms with E-state index < -0.39 is 6.10 Å². The highest BCUT2D eigenvalue weighted by Crippen LogP contribution is 2.11. The fraction of sp³-hybridized carbons (Fsp3) is 0.684. The molecule has 0 bridgehead atoms. The first-order chi connectivity index (χ1) is 12.0. The third-order valence-corrected chi connectivity index (χ3v) is 4.07. The van der Waals surface area contributed by atoms with Crippen LogP contribution in [0, 0.1) is 0 Å². The van der Waals surface area contributed by atoms with Gasteiger partial charge in [-0.15, -0.1) is 0 Å². The van der Waals surface area contributed by atoms with Crippen molar-refractivity contribution in [3.8, 4) is 0 Å². The van der Waals surface area contributed by atoms with Crippen LogP contribution in [-0.4, -0.2) is 59.2 Å². The van der Waals surface area contributed by atoms with Gasteiger partial charge in [-0.2, -0.15) is 0 Å². The van der Waals surface area contributed by atoms with Gasteiger partial charge in [0.05, 0.1) is 12.6 Å². The highest BCUT2D eigenvalue weighted by Gasteiger charge is 2.12. The molecule has 0 spiro atoms. The molecule has 0 radical (unpaired) electrons. The number of aliphatic imine (C=N–C) groups is 1. The van der Waals surface area contributed by atoms with Crippen LogP contribution < -0.4 is 10.6 Å². The van der Waals surface area contributed by atoms with Crippen molar-refractivity contribution in [3.63, 3.8) is 0 Å². The van der Waals surface area contributed by atoms with Crippen molar-refractivity contribution < 1.29 is 5.11 Å². The van der Waals surface area contributed by atoms with Gasteiger partial charge in [0.15, 0.2) is 5.96 Å². The summed E-state index contributed by atoms with van der Waals surface area (Å²) in [7, 11) is 0. The Hall–Kier alpha value is -1.66. The second kappa shape index (κ2) is 11.8. The number of hydrogen-bond acceptors (Lipinski definition) is 4. The number of nitrogens with zero attached hydrogens (tertiary/aromatic N) is 3. The molecule has 25 heavy (non-hydrogen) atoms. The SMILES string of the molecule is CCNC(=NCC(O)c1ccncc1)NCCCN(C(C)C)C(C)C. The van der Waals surface area contributed by atoms with Crippen molar-refractivity contribution in [2.45, 2.75) is 59.2 Å². The molecule has 1 aromatic heterocycles. The smallest absolute Gasteiger partial charge is 0.191 e. The second-order valence-corrected chi connectivity index (χ2v) is 6.72. The van der Waals surface area contributed by atoms with Gasteiger partial charge in [0, 0.05) is 44.1 Å². The molecule has 1 unspecified atom stereocenters. The number of guanidine groups is 1. The van der Waals surface area contributed by atoms with Gasteiger partial charge in [0.1, 0.15) is 0 Å². The molecule has 0 fully saturated rings. The fourth-order valence-corrected chi connectivity index (χ4v) is 2.79. The summed E-state index contributed by atoms with van der Waals surface area (Å²) in [5, 5.41) is 16.8. The van der Waals surface area contributed by atoms with Gasteiger partial charge in [0.25, 0.3) is 0 Å². The van der Waals surface area contributed by atoms with E-state index in [0.29, 0.717) is 18.6 Å². The number of aromatic nitrogens is 1. The number of nitrogens with one attached hydrogen (secondary N) is 2. The first kappa shape index (κ1) is 21.4. The summed E-state index contributed by atoms with van der Waals surface area (Å²) in [6.07, 6.45) is 3.80. The Morgan fingerprint density at radius 2 is 1.80 bits per heavy atom. The van der Waals surface area contributed by atoms with E-state index in [4.69, 9.17) is 0 Å². The van der Waals surface area contributed by atoms with Crippen LogP contribution in [0.1, 0.15) is 52.7 Å². The molecule has 0 aliphatic rings. The number of hydrogen-bond donors (Lipinski definition) is 3. The summed E-state index contributed by atoms with van der Waals surface area (Å²) in [5.74, 6) is 0.747. The molecule has 1 aromatic rings. The molecule has 1 rings (SSSR count). The summed E-state index contributed by atoms with van der Waals surface area (Å²) in [6, 6.07) is 4.73. The molecule has 6 nitrogen and oxygen atoms in total. The Labute approximate surface area is 152 Å². The Bertz CT molecular complexity index is 482. The van der Waals surface area contributed by atoms with Crippen LogP contribution in [0.15, 0.2) is 29.5 Å². The van der Waals surface area contributed by atoms with Crippen molar-refractivity contribution in [1.29, 1.82) is 0 Å². The maximum Gasteiger partial charge on any atom is 0.191 e. The lowest BCUT2D eigenvalue weighted by Crippen LogP contribution is -2.41.